The zero-order valence-electron chi connectivity index (χ0n) is 13.9. The normalized spacial score (nSPS) is 11.5. The first-order valence-electron chi connectivity index (χ1n) is 8.37. The SMILES string of the molecule is CCC[As](CCC)c1ccccc1[As](CCC)CCC. The van der Waals surface area contributed by atoms with E-state index in [1.807, 2.05) is 8.70 Å². The third-order valence-corrected chi connectivity index (χ3v) is 17.1. The van der Waals surface area contributed by atoms with E-state index in [2.05, 4.69) is 52.0 Å². The minimum absolute atomic E-state index is 0.777. The van der Waals surface area contributed by atoms with Gasteiger partial charge in [0, 0.05) is 0 Å². The van der Waals surface area contributed by atoms with Crippen molar-refractivity contribution in [1.29, 1.82) is 0 Å². The van der Waals surface area contributed by atoms with Crippen molar-refractivity contribution in [2.75, 3.05) is 0 Å². The Hall–Kier alpha value is 0.337. The Morgan fingerprint density at radius 1 is 0.600 bits per heavy atom. The molecule has 0 saturated heterocycles. The van der Waals surface area contributed by atoms with E-state index < -0.39 is 29.3 Å². The van der Waals surface area contributed by atoms with Crippen molar-refractivity contribution >= 4 is 38.0 Å². The van der Waals surface area contributed by atoms with Crippen LogP contribution in [0.2, 0.25) is 20.8 Å². The quantitative estimate of drug-likeness (QED) is 0.500. The molecule has 0 unspecified atom stereocenters. The van der Waals surface area contributed by atoms with Gasteiger partial charge in [0.25, 0.3) is 0 Å². The van der Waals surface area contributed by atoms with Crippen LogP contribution in [0.25, 0.3) is 0 Å². The van der Waals surface area contributed by atoms with E-state index in [4.69, 9.17) is 0 Å². The maximum absolute atomic E-state index is 2.51. The fraction of sp³-hybridized carbons (Fsp3) is 0.667. The zero-order valence-corrected chi connectivity index (χ0v) is 17.6. The fourth-order valence-corrected chi connectivity index (χ4v) is 16.3. The van der Waals surface area contributed by atoms with Gasteiger partial charge in [-0.25, -0.2) is 0 Å². The summed E-state index contributed by atoms with van der Waals surface area (Å²) in [5, 5.41) is 6.05. The Kier molecular flexibility index (Phi) is 10.1. The molecule has 0 aliphatic carbocycles. The van der Waals surface area contributed by atoms with Gasteiger partial charge in [-0.3, -0.25) is 0 Å². The summed E-state index contributed by atoms with van der Waals surface area (Å²) >= 11 is -1.55. The average molecular weight is 398 g/mol. The van der Waals surface area contributed by atoms with Gasteiger partial charge in [0.15, 0.2) is 0 Å². The molecule has 0 spiro atoms. The average Bonchev–Trinajstić information content (AvgIpc) is 2.47. The molecule has 20 heavy (non-hydrogen) atoms. The molecule has 0 amide bonds. The van der Waals surface area contributed by atoms with E-state index >= 15 is 0 Å². The van der Waals surface area contributed by atoms with Crippen LogP contribution in [0, 0.1) is 0 Å². The summed E-state index contributed by atoms with van der Waals surface area (Å²) in [6.45, 7) is 9.47. The molecule has 114 valence electrons. The second kappa shape index (κ2) is 11.0. The molecule has 0 fully saturated rings. The molecule has 0 saturated carbocycles. The topological polar surface area (TPSA) is 0 Å². The molecular weight excluding hydrogens is 366 g/mol. The molecule has 1 aromatic carbocycles. The molecule has 0 N–H and O–H groups in total. The zero-order chi connectivity index (χ0) is 14.8. The van der Waals surface area contributed by atoms with E-state index in [9.17, 15) is 0 Å². The van der Waals surface area contributed by atoms with Gasteiger partial charge in [-0.2, -0.15) is 0 Å². The van der Waals surface area contributed by atoms with E-state index in [0.717, 1.165) is 0 Å². The maximum atomic E-state index is 2.51. The first kappa shape index (κ1) is 18.4. The van der Waals surface area contributed by atoms with Gasteiger partial charge in [-0.1, -0.05) is 0 Å². The van der Waals surface area contributed by atoms with Crippen LogP contribution in [0.5, 0.6) is 0 Å². The van der Waals surface area contributed by atoms with E-state index in [1.165, 1.54) is 46.5 Å². The first-order chi connectivity index (χ1) is 9.78. The second-order valence-corrected chi connectivity index (χ2v) is 15.8. The molecule has 2 heteroatoms. The predicted molar refractivity (Wildman–Crippen MR) is 97.6 cm³/mol. The third-order valence-electron chi connectivity index (χ3n) is 3.54. The van der Waals surface area contributed by atoms with Gasteiger partial charge in [0.1, 0.15) is 0 Å². The van der Waals surface area contributed by atoms with E-state index in [-0.39, 0.29) is 0 Å². The predicted octanol–water partition coefficient (Wildman–Crippen LogP) is 4.73. The molecule has 0 aromatic heterocycles. The van der Waals surface area contributed by atoms with Gasteiger partial charge in [0.2, 0.25) is 0 Å². The summed E-state index contributed by atoms with van der Waals surface area (Å²) in [4.78, 5) is 0. The van der Waals surface area contributed by atoms with Crippen molar-refractivity contribution in [1.82, 2.24) is 0 Å². The molecule has 0 aliphatic rings. The van der Waals surface area contributed by atoms with E-state index in [1.54, 1.807) is 0 Å². The Morgan fingerprint density at radius 3 is 1.15 bits per heavy atom. The van der Waals surface area contributed by atoms with Crippen LogP contribution in [0.15, 0.2) is 24.3 Å². The summed E-state index contributed by atoms with van der Waals surface area (Å²) < 4.78 is 3.73. The third kappa shape index (κ3) is 5.61. The summed E-state index contributed by atoms with van der Waals surface area (Å²) in [6.07, 6.45) is 5.51. The van der Waals surface area contributed by atoms with Crippen molar-refractivity contribution in [3.63, 3.8) is 0 Å². The van der Waals surface area contributed by atoms with Gasteiger partial charge in [-0.15, -0.1) is 0 Å². The molecule has 1 rings (SSSR count). The fourth-order valence-electron chi connectivity index (χ4n) is 2.78. The van der Waals surface area contributed by atoms with Crippen LogP contribution in [0.4, 0.5) is 0 Å². The Bertz CT molecular complexity index is 315. The first-order valence-corrected chi connectivity index (χ1v) is 15.6. The van der Waals surface area contributed by atoms with Gasteiger partial charge in [-0.05, 0) is 0 Å². The number of hydrogen-bond donors (Lipinski definition) is 0. The Morgan fingerprint density at radius 2 is 0.900 bits per heavy atom. The van der Waals surface area contributed by atoms with Crippen molar-refractivity contribution in [3.8, 4) is 0 Å². The van der Waals surface area contributed by atoms with Crippen LogP contribution in [-0.2, 0) is 0 Å². The van der Waals surface area contributed by atoms with Crippen LogP contribution in [-0.4, -0.2) is 29.3 Å². The van der Waals surface area contributed by atoms with Crippen molar-refractivity contribution in [2.24, 2.45) is 0 Å². The number of hydrogen-bond acceptors (Lipinski definition) is 0. The van der Waals surface area contributed by atoms with Crippen molar-refractivity contribution in [3.05, 3.63) is 24.3 Å². The van der Waals surface area contributed by atoms with E-state index in [0.29, 0.717) is 0 Å². The minimum atomic E-state index is -0.777. The van der Waals surface area contributed by atoms with Gasteiger partial charge < -0.3 is 0 Å². The Labute approximate surface area is 136 Å². The van der Waals surface area contributed by atoms with Crippen LogP contribution >= 0.6 is 0 Å². The second-order valence-electron chi connectivity index (χ2n) is 5.46. The molecule has 0 bridgehead atoms. The standard InChI is InChI=1S/C18H32As2/c1-5-13-19(14-6-2)17-11-9-10-12-18(17)20(15-7-3)16-8-4/h9-12H,5-8,13-16H2,1-4H3. The van der Waals surface area contributed by atoms with Crippen LogP contribution in [0.1, 0.15) is 53.4 Å². The van der Waals surface area contributed by atoms with Crippen LogP contribution < -0.4 is 8.70 Å². The molecule has 0 radical (unpaired) electrons. The van der Waals surface area contributed by atoms with Crippen molar-refractivity contribution in [2.45, 2.75) is 74.2 Å². The molecule has 1 aromatic rings. The summed E-state index contributed by atoms with van der Waals surface area (Å²) in [7, 11) is 0. The number of rotatable bonds is 10. The summed E-state index contributed by atoms with van der Waals surface area (Å²) in [5.41, 5.74) is 0. The van der Waals surface area contributed by atoms with Crippen LogP contribution in [0.3, 0.4) is 0 Å². The van der Waals surface area contributed by atoms with Gasteiger partial charge >= 0.3 is 136 Å². The number of benzene rings is 1. The molecule has 0 aliphatic heterocycles. The summed E-state index contributed by atoms with van der Waals surface area (Å²) in [6, 6.07) is 9.62. The van der Waals surface area contributed by atoms with Gasteiger partial charge in [0.05, 0.1) is 0 Å². The molecule has 0 atom stereocenters. The molecular formula is C18H32As2. The summed E-state index contributed by atoms with van der Waals surface area (Å²) in [5.74, 6) is 0. The molecule has 0 heterocycles. The Balaban J connectivity index is 3.04. The monoisotopic (exact) mass is 398 g/mol. The molecule has 0 nitrogen and oxygen atoms in total. The van der Waals surface area contributed by atoms with Crippen molar-refractivity contribution < 1.29 is 0 Å².